The molecule has 1 aromatic carbocycles. The van der Waals surface area contributed by atoms with Gasteiger partial charge in [0.2, 0.25) is 0 Å². The molecule has 0 N–H and O–H groups in total. The third kappa shape index (κ3) is 3.55. The van der Waals surface area contributed by atoms with Crippen molar-refractivity contribution >= 4 is 6.08 Å². The van der Waals surface area contributed by atoms with Crippen molar-refractivity contribution in [1.29, 1.82) is 5.26 Å². The molecular formula is C11H10N4. The Balaban J connectivity index is 2.79. The molecule has 0 aliphatic rings. The molecule has 1 rings (SSSR count). The van der Waals surface area contributed by atoms with E-state index in [1.165, 1.54) is 0 Å². The topological polar surface area (TPSA) is 72.5 Å². The molecule has 0 bridgehead atoms. The minimum atomic E-state index is 0.331. The van der Waals surface area contributed by atoms with Crippen LogP contribution in [0.1, 0.15) is 11.1 Å². The Bertz CT molecular complexity index is 436. The first-order valence-electron chi connectivity index (χ1n) is 4.50. The Morgan fingerprint density at radius 2 is 2.27 bits per heavy atom. The van der Waals surface area contributed by atoms with E-state index in [9.17, 15) is 0 Å². The van der Waals surface area contributed by atoms with Crippen molar-refractivity contribution < 1.29 is 0 Å². The maximum Gasteiger partial charge on any atom is 0.0669 e. The summed E-state index contributed by atoms with van der Waals surface area (Å²) >= 11 is 0. The standard InChI is InChI=1S/C11H10N4/c12-8-7-11-5-2-1-4-10(11)6-3-9-14-15-13/h1-6H,7,9H2. The van der Waals surface area contributed by atoms with Gasteiger partial charge in [0.15, 0.2) is 0 Å². The van der Waals surface area contributed by atoms with Crippen molar-refractivity contribution in [3.8, 4) is 6.07 Å². The van der Waals surface area contributed by atoms with Gasteiger partial charge in [0, 0.05) is 11.5 Å². The SMILES string of the molecule is N#CCc1ccccc1C=CCN=[N+]=[N-]. The van der Waals surface area contributed by atoms with Gasteiger partial charge in [-0.25, -0.2) is 0 Å². The molecule has 4 nitrogen and oxygen atoms in total. The van der Waals surface area contributed by atoms with Crippen LogP contribution in [-0.4, -0.2) is 6.54 Å². The van der Waals surface area contributed by atoms with Gasteiger partial charge < -0.3 is 0 Å². The lowest BCUT2D eigenvalue weighted by Gasteiger charge is -1.99. The molecule has 0 saturated heterocycles. The van der Waals surface area contributed by atoms with E-state index < -0.39 is 0 Å². The second kappa shape index (κ2) is 6.25. The van der Waals surface area contributed by atoms with E-state index >= 15 is 0 Å². The van der Waals surface area contributed by atoms with Gasteiger partial charge >= 0.3 is 0 Å². The van der Waals surface area contributed by atoms with Crippen LogP contribution in [0.4, 0.5) is 0 Å². The number of hydrogen-bond donors (Lipinski definition) is 0. The molecule has 0 radical (unpaired) electrons. The van der Waals surface area contributed by atoms with Crippen LogP contribution >= 0.6 is 0 Å². The molecule has 0 unspecified atom stereocenters. The number of azide groups is 1. The first-order valence-corrected chi connectivity index (χ1v) is 4.50. The number of benzene rings is 1. The quantitative estimate of drug-likeness (QED) is 0.416. The number of hydrogen-bond acceptors (Lipinski definition) is 2. The second-order valence-corrected chi connectivity index (χ2v) is 2.85. The minimum Gasteiger partial charge on any atom is -0.198 e. The molecule has 0 saturated carbocycles. The van der Waals surface area contributed by atoms with Crippen molar-refractivity contribution in [2.75, 3.05) is 6.54 Å². The zero-order valence-electron chi connectivity index (χ0n) is 8.17. The van der Waals surface area contributed by atoms with Crippen LogP contribution in [-0.2, 0) is 6.42 Å². The highest BCUT2D eigenvalue weighted by Gasteiger charge is 1.96. The van der Waals surface area contributed by atoms with E-state index in [1.807, 2.05) is 30.3 Å². The van der Waals surface area contributed by atoms with E-state index in [-0.39, 0.29) is 0 Å². The highest BCUT2D eigenvalue weighted by atomic mass is 15.1. The Morgan fingerprint density at radius 1 is 1.47 bits per heavy atom. The average molecular weight is 198 g/mol. The molecule has 0 heterocycles. The number of nitriles is 1. The summed E-state index contributed by atoms with van der Waals surface area (Å²) in [5, 5.41) is 12.0. The summed E-state index contributed by atoms with van der Waals surface area (Å²) in [4.78, 5) is 2.65. The molecule has 0 amide bonds. The summed E-state index contributed by atoms with van der Waals surface area (Å²) in [6, 6.07) is 9.76. The van der Waals surface area contributed by atoms with Crippen LogP contribution in [0.3, 0.4) is 0 Å². The summed E-state index contributed by atoms with van der Waals surface area (Å²) in [6.45, 7) is 0.331. The van der Waals surface area contributed by atoms with Crippen LogP contribution < -0.4 is 0 Å². The Kier molecular flexibility index (Phi) is 4.52. The summed E-state index contributed by atoms with van der Waals surface area (Å²) in [7, 11) is 0. The van der Waals surface area contributed by atoms with Gasteiger partial charge in [0.25, 0.3) is 0 Å². The number of nitrogens with zero attached hydrogens (tertiary/aromatic N) is 4. The molecule has 0 aliphatic heterocycles. The third-order valence-corrected chi connectivity index (χ3v) is 1.87. The molecule has 0 spiro atoms. The number of rotatable bonds is 4. The maximum absolute atomic E-state index is 8.61. The molecule has 0 atom stereocenters. The van der Waals surface area contributed by atoms with Crippen molar-refractivity contribution in [2.45, 2.75) is 6.42 Å². The lowest BCUT2D eigenvalue weighted by atomic mass is 10.0. The van der Waals surface area contributed by atoms with Crippen LogP contribution in [0.2, 0.25) is 0 Å². The van der Waals surface area contributed by atoms with E-state index in [0.717, 1.165) is 11.1 Å². The Hall–Kier alpha value is -2.24. The molecule has 0 fully saturated rings. The summed E-state index contributed by atoms with van der Waals surface area (Å²) < 4.78 is 0. The summed E-state index contributed by atoms with van der Waals surface area (Å²) in [5.41, 5.74) is 10.1. The third-order valence-electron chi connectivity index (χ3n) is 1.87. The van der Waals surface area contributed by atoms with Gasteiger partial charge in [-0.3, -0.25) is 0 Å². The van der Waals surface area contributed by atoms with Crippen LogP contribution in [0.5, 0.6) is 0 Å². The summed E-state index contributed by atoms with van der Waals surface area (Å²) in [6.07, 6.45) is 4.03. The van der Waals surface area contributed by atoms with Gasteiger partial charge in [-0.15, -0.1) is 0 Å². The fourth-order valence-corrected chi connectivity index (χ4v) is 1.21. The zero-order chi connectivity index (χ0) is 10.9. The van der Waals surface area contributed by atoms with Gasteiger partial charge in [0.05, 0.1) is 12.5 Å². The van der Waals surface area contributed by atoms with E-state index in [1.54, 1.807) is 6.08 Å². The zero-order valence-corrected chi connectivity index (χ0v) is 8.17. The van der Waals surface area contributed by atoms with Gasteiger partial charge in [-0.2, -0.15) is 5.26 Å². The average Bonchev–Trinajstić information content (AvgIpc) is 2.27. The predicted octanol–water partition coefficient (Wildman–Crippen LogP) is 3.08. The van der Waals surface area contributed by atoms with Gasteiger partial charge in [-0.1, -0.05) is 41.5 Å². The molecular weight excluding hydrogens is 188 g/mol. The fraction of sp³-hybridized carbons (Fsp3) is 0.182. The van der Waals surface area contributed by atoms with Crippen molar-refractivity contribution in [2.24, 2.45) is 5.11 Å². The molecule has 0 aliphatic carbocycles. The summed E-state index contributed by atoms with van der Waals surface area (Å²) in [5.74, 6) is 0. The molecule has 1 aromatic rings. The van der Waals surface area contributed by atoms with Crippen molar-refractivity contribution in [3.05, 3.63) is 51.9 Å². The first-order chi connectivity index (χ1) is 7.38. The lowest BCUT2D eigenvalue weighted by Crippen LogP contribution is -1.86. The Morgan fingerprint density at radius 3 is 3.00 bits per heavy atom. The fourth-order valence-electron chi connectivity index (χ4n) is 1.21. The highest BCUT2D eigenvalue weighted by Crippen LogP contribution is 2.10. The molecule has 74 valence electrons. The van der Waals surface area contributed by atoms with E-state index in [4.69, 9.17) is 10.8 Å². The first kappa shape index (κ1) is 10.8. The van der Waals surface area contributed by atoms with E-state index in [2.05, 4.69) is 16.1 Å². The predicted molar refractivity (Wildman–Crippen MR) is 58.8 cm³/mol. The van der Waals surface area contributed by atoms with Gasteiger partial charge in [-0.05, 0) is 16.7 Å². The smallest absolute Gasteiger partial charge is 0.0669 e. The molecule has 15 heavy (non-hydrogen) atoms. The molecule has 4 heteroatoms. The normalized spacial score (nSPS) is 9.53. The van der Waals surface area contributed by atoms with Crippen molar-refractivity contribution in [3.63, 3.8) is 0 Å². The van der Waals surface area contributed by atoms with Crippen LogP contribution in [0, 0.1) is 11.3 Å². The lowest BCUT2D eigenvalue weighted by molar-refractivity contribution is 1.21. The largest absolute Gasteiger partial charge is 0.198 e. The highest BCUT2D eigenvalue weighted by molar-refractivity contribution is 5.54. The van der Waals surface area contributed by atoms with Gasteiger partial charge in [0.1, 0.15) is 0 Å². The van der Waals surface area contributed by atoms with Crippen LogP contribution in [0.15, 0.2) is 35.5 Å². The van der Waals surface area contributed by atoms with Crippen molar-refractivity contribution in [1.82, 2.24) is 0 Å². The molecule has 0 aromatic heterocycles. The van der Waals surface area contributed by atoms with E-state index in [0.29, 0.717) is 13.0 Å². The monoisotopic (exact) mass is 198 g/mol. The second-order valence-electron chi connectivity index (χ2n) is 2.85. The Labute approximate surface area is 88.1 Å². The van der Waals surface area contributed by atoms with Crippen LogP contribution in [0.25, 0.3) is 16.5 Å². The minimum absolute atomic E-state index is 0.331. The maximum atomic E-state index is 8.61.